The molecule has 1 fully saturated rings. The van der Waals surface area contributed by atoms with E-state index in [1.807, 2.05) is 24.3 Å². The predicted octanol–water partition coefficient (Wildman–Crippen LogP) is 1.93. The molecule has 0 saturated heterocycles. The number of nitrogens with one attached hydrogen (secondary N) is 1. The van der Waals surface area contributed by atoms with Crippen LogP contribution < -0.4 is 4.74 Å². The van der Waals surface area contributed by atoms with Gasteiger partial charge in [-0.25, -0.2) is 0 Å². The molecule has 0 radical (unpaired) electrons. The maximum absolute atomic E-state index is 12.4. The summed E-state index contributed by atoms with van der Waals surface area (Å²) in [6, 6.07) is 9.23. The van der Waals surface area contributed by atoms with Gasteiger partial charge in [-0.1, -0.05) is 12.1 Å². The topological polar surface area (TPSA) is 78.5 Å². The monoisotopic (exact) mass is 315 g/mol. The Bertz CT molecular complexity index is 694. The van der Waals surface area contributed by atoms with Crippen LogP contribution in [0.25, 0.3) is 11.3 Å². The molecule has 0 aliphatic heterocycles. The second-order valence-corrected chi connectivity index (χ2v) is 5.99. The van der Waals surface area contributed by atoms with Gasteiger partial charge in [0, 0.05) is 19.2 Å². The third-order valence-corrected chi connectivity index (χ3v) is 4.15. The van der Waals surface area contributed by atoms with Crippen molar-refractivity contribution in [1.29, 1.82) is 0 Å². The van der Waals surface area contributed by atoms with E-state index in [1.54, 1.807) is 20.2 Å². The van der Waals surface area contributed by atoms with E-state index in [2.05, 4.69) is 10.2 Å². The Morgan fingerprint density at radius 2 is 2.26 bits per heavy atom. The number of aliphatic hydroxyl groups excluding tert-OH is 1. The molecular formula is C17H21N3O3. The molecule has 1 aliphatic carbocycles. The van der Waals surface area contributed by atoms with Crippen molar-refractivity contribution in [2.45, 2.75) is 18.9 Å². The molecule has 6 nitrogen and oxygen atoms in total. The number of benzene rings is 1. The first-order chi connectivity index (χ1) is 11.1. The molecule has 0 bridgehead atoms. The van der Waals surface area contributed by atoms with Crippen LogP contribution in [0.1, 0.15) is 23.3 Å². The summed E-state index contributed by atoms with van der Waals surface area (Å²) in [6.45, 7) is 0.344. The number of hydrogen-bond acceptors (Lipinski definition) is 4. The third-order valence-electron chi connectivity index (χ3n) is 4.15. The number of methoxy groups -OCH3 is 1. The highest BCUT2D eigenvalue weighted by molar-refractivity contribution is 5.93. The number of H-pyrrole nitrogens is 1. The van der Waals surface area contributed by atoms with Crippen LogP contribution >= 0.6 is 0 Å². The van der Waals surface area contributed by atoms with Crippen LogP contribution in [0.15, 0.2) is 30.3 Å². The minimum Gasteiger partial charge on any atom is -0.497 e. The van der Waals surface area contributed by atoms with Crippen LogP contribution in [0.5, 0.6) is 5.75 Å². The highest BCUT2D eigenvalue weighted by Crippen LogP contribution is 2.32. The van der Waals surface area contributed by atoms with Crippen molar-refractivity contribution in [1.82, 2.24) is 15.1 Å². The lowest BCUT2D eigenvalue weighted by molar-refractivity contribution is 0.0640. The zero-order chi connectivity index (χ0) is 16.4. The van der Waals surface area contributed by atoms with Crippen LogP contribution in [0.2, 0.25) is 0 Å². The van der Waals surface area contributed by atoms with Crippen molar-refractivity contribution in [3.05, 3.63) is 36.0 Å². The summed E-state index contributed by atoms with van der Waals surface area (Å²) in [5.41, 5.74) is 1.97. The third kappa shape index (κ3) is 3.53. The number of aliphatic hydroxyl groups is 1. The maximum atomic E-state index is 12.4. The summed E-state index contributed by atoms with van der Waals surface area (Å²) >= 11 is 0. The van der Waals surface area contributed by atoms with Gasteiger partial charge in [-0.3, -0.25) is 9.89 Å². The van der Waals surface area contributed by atoms with E-state index in [4.69, 9.17) is 4.74 Å². The Morgan fingerprint density at radius 1 is 1.48 bits per heavy atom. The molecule has 122 valence electrons. The maximum Gasteiger partial charge on any atom is 0.271 e. The fourth-order valence-corrected chi connectivity index (χ4v) is 2.56. The first-order valence-electron chi connectivity index (χ1n) is 7.72. The number of rotatable bonds is 6. The van der Waals surface area contributed by atoms with Gasteiger partial charge in [-0.15, -0.1) is 0 Å². The molecule has 1 unspecified atom stereocenters. The molecule has 1 atom stereocenters. The number of carbonyl (C=O) groups is 1. The molecule has 6 heteroatoms. The van der Waals surface area contributed by atoms with E-state index in [9.17, 15) is 9.90 Å². The molecule has 1 aromatic heterocycles. The average Bonchev–Trinajstić information content (AvgIpc) is 3.31. The van der Waals surface area contributed by atoms with Crippen molar-refractivity contribution in [2.24, 2.45) is 5.92 Å². The highest BCUT2D eigenvalue weighted by Gasteiger charge is 2.31. The van der Waals surface area contributed by atoms with Crippen LogP contribution in [0.3, 0.4) is 0 Å². The molecule has 1 aliphatic rings. The summed E-state index contributed by atoms with van der Waals surface area (Å²) in [5, 5.41) is 16.9. The predicted molar refractivity (Wildman–Crippen MR) is 86.3 cm³/mol. The standard InChI is InChI=1S/C17H21N3O3/c1-20(10-16(21)11-6-7-11)17(22)15-9-14(18-19-15)12-4-3-5-13(8-12)23-2/h3-5,8-9,11,16,21H,6-7,10H2,1-2H3,(H,18,19). The number of likely N-dealkylation sites (N-methyl/N-ethyl adjacent to an activating group) is 1. The normalized spacial score (nSPS) is 15.3. The summed E-state index contributed by atoms with van der Waals surface area (Å²) in [5.74, 6) is 0.911. The molecule has 1 aromatic carbocycles. The minimum absolute atomic E-state index is 0.175. The van der Waals surface area contributed by atoms with E-state index in [-0.39, 0.29) is 5.91 Å². The first kappa shape index (κ1) is 15.6. The van der Waals surface area contributed by atoms with Crippen LogP contribution in [0, 0.1) is 5.92 Å². The van der Waals surface area contributed by atoms with Crippen molar-refractivity contribution < 1.29 is 14.6 Å². The van der Waals surface area contributed by atoms with Gasteiger partial charge in [0.1, 0.15) is 11.4 Å². The Morgan fingerprint density at radius 3 is 2.96 bits per heavy atom. The SMILES string of the molecule is COc1cccc(-c2cc(C(=O)N(C)CC(O)C3CC3)[nH]n2)c1. The zero-order valence-corrected chi connectivity index (χ0v) is 13.3. The fraction of sp³-hybridized carbons (Fsp3) is 0.412. The zero-order valence-electron chi connectivity index (χ0n) is 13.3. The Balaban J connectivity index is 1.71. The summed E-state index contributed by atoms with van der Waals surface area (Å²) in [7, 11) is 3.30. The molecule has 3 rings (SSSR count). The Hall–Kier alpha value is -2.34. The minimum atomic E-state index is -0.440. The number of hydrogen-bond donors (Lipinski definition) is 2. The number of aromatic nitrogens is 2. The number of aromatic amines is 1. The van der Waals surface area contributed by atoms with Gasteiger partial charge in [-0.05, 0) is 37.0 Å². The van der Waals surface area contributed by atoms with Gasteiger partial charge in [0.2, 0.25) is 0 Å². The van der Waals surface area contributed by atoms with Gasteiger partial charge in [0.05, 0.1) is 18.9 Å². The second-order valence-electron chi connectivity index (χ2n) is 5.99. The number of carbonyl (C=O) groups excluding carboxylic acids is 1. The van der Waals surface area contributed by atoms with Gasteiger partial charge < -0.3 is 14.7 Å². The Labute approximate surface area is 135 Å². The molecule has 2 aromatic rings. The van der Waals surface area contributed by atoms with E-state index >= 15 is 0 Å². The van der Waals surface area contributed by atoms with Crippen molar-refractivity contribution >= 4 is 5.91 Å². The van der Waals surface area contributed by atoms with Crippen molar-refractivity contribution in [3.8, 4) is 17.0 Å². The number of ether oxygens (including phenoxy) is 1. The average molecular weight is 315 g/mol. The van der Waals surface area contributed by atoms with Crippen LogP contribution in [0.4, 0.5) is 0 Å². The first-order valence-corrected chi connectivity index (χ1v) is 7.72. The lowest BCUT2D eigenvalue weighted by Crippen LogP contribution is -2.35. The molecule has 2 N–H and O–H groups in total. The molecule has 23 heavy (non-hydrogen) atoms. The Kier molecular flexibility index (Phi) is 4.34. The second kappa shape index (κ2) is 6.42. The van der Waals surface area contributed by atoms with Crippen LogP contribution in [-0.2, 0) is 0 Å². The molecule has 1 amide bonds. The van der Waals surface area contributed by atoms with Gasteiger partial charge in [-0.2, -0.15) is 5.10 Å². The van der Waals surface area contributed by atoms with E-state index in [1.165, 1.54) is 4.90 Å². The van der Waals surface area contributed by atoms with E-state index in [0.29, 0.717) is 23.9 Å². The van der Waals surface area contributed by atoms with E-state index in [0.717, 1.165) is 24.2 Å². The molecular weight excluding hydrogens is 294 g/mol. The van der Waals surface area contributed by atoms with Crippen molar-refractivity contribution in [2.75, 3.05) is 20.7 Å². The molecule has 1 saturated carbocycles. The van der Waals surface area contributed by atoms with Gasteiger partial charge in [0.15, 0.2) is 0 Å². The van der Waals surface area contributed by atoms with E-state index < -0.39 is 6.10 Å². The molecule has 1 heterocycles. The fourth-order valence-electron chi connectivity index (χ4n) is 2.56. The van der Waals surface area contributed by atoms with Gasteiger partial charge >= 0.3 is 0 Å². The largest absolute Gasteiger partial charge is 0.497 e. The van der Waals surface area contributed by atoms with Crippen LogP contribution in [-0.4, -0.2) is 52.9 Å². The molecule has 0 spiro atoms. The smallest absolute Gasteiger partial charge is 0.271 e. The lowest BCUT2D eigenvalue weighted by atomic mass is 10.1. The lowest BCUT2D eigenvalue weighted by Gasteiger charge is -2.19. The summed E-state index contributed by atoms with van der Waals surface area (Å²) < 4.78 is 5.20. The highest BCUT2D eigenvalue weighted by atomic mass is 16.5. The quantitative estimate of drug-likeness (QED) is 0.854. The number of nitrogens with zero attached hydrogens (tertiary/aromatic N) is 2. The summed E-state index contributed by atoms with van der Waals surface area (Å²) in [4.78, 5) is 13.9. The van der Waals surface area contributed by atoms with Gasteiger partial charge in [0.25, 0.3) is 5.91 Å². The van der Waals surface area contributed by atoms with Crippen molar-refractivity contribution in [3.63, 3.8) is 0 Å². The number of amides is 1. The summed E-state index contributed by atoms with van der Waals surface area (Å²) in [6.07, 6.45) is 1.66.